The molecule has 4 aromatic rings. The molecular formula is C35H41N3O4. The van der Waals surface area contributed by atoms with E-state index in [0.29, 0.717) is 5.56 Å². The van der Waals surface area contributed by atoms with Gasteiger partial charge in [-0.15, -0.1) is 0 Å². The van der Waals surface area contributed by atoms with Gasteiger partial charge in [0.2, 0.25) is 0 Å². The van der Waals surface area contributed by atoms with Gasteiger partial charge in [0.1, 0.15) is 17.9 Å². The van der Waals surface area contributed by atoms with Crippen molar-refractivity contribution in [3.63, 3.8) is 0 Å². The highest BCUT2D eigenvalue weighted by Gasteiger charge is 2.37. The summed E-state index contributed by atoms with van der Waals surface area (Å²) in [7, 11) is 0. The Hall–Kier alpha value is -4.13. The van der Waals surface area contributed by atoms with E-state index in [1.807, 2.05) is 99.0 Å². The van der Waals surface area contributed by atoms with Crippen LogP contribution in [-0.2, 0) is 28.0 Å². The summed E-state index contributed by atoms with van der Waals surface area (Å²) < 4.78 is 13.6. The molecule has 2 aromatic heterocycles. The highest BCUT2D eigenvalue weighted by Crippen LogP contribution is 2.39. The lowest BCUT2D eigenvalue weighted by Crippen LogP contribution is -2.47. The number of carbonyl (C=O) groups is 2. The minimum Gasteiger partial charge on any atom is -0.456 e. The molecule has 0 radical (unpaired) electrons. The van der Waals surface area contributed by atoms with Crippen LogP contribution in [0, 0.1) is 6.92 Å². The van der Waals surface area contributed by atoms with E-state index < -0.39 is 17.2 Å². The van der Waals surface area contributed by atoms with Crippen molar-refractivity contribution in [2.75, 3.05) is 0 Å². The van der Waals surface area contributed by atoms with Crippen molar-refractivity contribution in [2.24, 2.45) is 0 Å². The van der Waals surface area contributed by atoms with Crippen LogP contribution in [0.1, 0.15) is 92.7 Å². The minimum atomic E-state index is -0.645. The first-order valence-corrected chi connectivity index (χ1v) is 14.9. The van der Waals surface area contributed by atoms with E-state index in [1.165, 1.54) is 0 Å². The zero-order valence-corrected chi connectivity index (χ0v) is 25.3. The van der Waals surface area contributed by atoms with Gasteiger partial charge in [-0.25, -0.2) is 14.6 Å². The van der Waals surface area contributed by atoms with Crippen molar-refractivity contribution < 1.29 is 19.1 Å². The molecule has 1 amide bonds. The van der Waals surface area contributed by atoms with Crippen LogP contribution in [0.2, 0.25) is 0 Å². The number of nitrogens with one attached hydrogen (secondary N) is 1. The number of pyridine rings is 1. The first-order chi connectivity index (χ1) is 20.1. The van der Waals surface area contributed by atoms with Gasteiger partial charge in [-0.3, -0.25) is 0 Å². The van der Waals surface area contributed by atoms with Crippen LogP contribution in [0.3, 0.4) is 0 Å². The van der Waals surface area contributed by atoms with Gasteiger partial charge in [-0.2, -0.15) is 0 Å². The number of hydrogen-bond donors (Lipinski definition) is 1. The van der Waals surface area contributed by atoms with Crippen molar-refractivity contribution in [1.29, 1.82) is 0 Å². The number of amides is 1. The van der Waals surface area contributed by atoms with E-state index in [2.05, 4.69) is 12.2 Å². The van der Waals surface area contributed by atoms with Crippen molar-refractivity contribution in [3.8, 4) is 11.1 Å². The summed E-state index contributed by atoms with van der Waals surface area (Å²) in [6.07, 6.45) is 6.92. The zero-order valence-electron chi connectivity index (χ0n) is 25.3. The standard InChI is InChI=1S/C35H41N3O4/c1-6-27-22-38-28(17-15-24(2)31(38)36-27)23-41-33(40)37-35(19-11-8-12-20-35)26-16-18-29(25-13-9-7-10-14-25)30(21-26)32(39)42-34(3,4)5/h7,9-10,13-18,21-22H,6,8,11-12,19-20,23H2,1-5H3,(H,37,40). The summed E-state index contributed by atoms with van der Waals surface area (Å²) in [5, 5.41) is 3.23. The third-order valence-electron chi connectivity index (χ3n) is 7.98. The fourth-order valence-corrected chi connectivity index (χ4v) is 5.82. The molecule has 0 saturated heterocycles. The molecule has 1 aliphatic rings. The number of aromatic nitrogens is 2. The Bertz CT molecular complexity index is 1580. The quantitative estimate of drug-likeness (QED) is 0.230. The zero-order chi connectivity index (χ0) is 29.9. The van der Waals surface area contributed by atoms with E-state index >= 15 is 0 Å². The van der Waals surface area contributed by atoms with Gasteiger partial charge < -0.3 is 19.2 Å². The Balaban J connectivity index is 1.44. The van der Waals surface area contributed by atoms with Gasteiger partial charge in [0, 0.05) is 6.20 Å². The number of hydrogen-bond acceptors (Lipinski definition) is 5. The first kappa shape index (κ1) is 29.4. The number of nitrogens with zero attached hydrogens (tertiary/aromatic N) is 2. The molecule has 5 rings (SSSR count). The fourth-order valence-electron chi connectivity index (χ4n) is 5.82. The predicted octanol–water partition coefficient (Wildman–Crippen LogP) is 7.91. The molecule has 2 aromatic carbocycles. The molecule has 0 atom stereocenters. The summed E-state index contributed by atoms with van der Waals surface area (Å²) in [4.78, 5) is 31.6. The number of fused-ring (bicyclic) bond motifs is 1. The van der Waals surface area contributed by atoms with Crippen LogP contribution < -0.4 is 5.32 Å². The molecule has 0 bridgehead atoms. The average Bonchev–Trinajstić information content (AvgIpc) is 3.42. The SMILES string of the molecule is CCc1cn2c(COC(=O)NC3(c4ccc(-c5ccccc5)c(C(=O)OC(C)(C)C)c4)CCCCC3)ccc(C)c2n1. The summed E-state index contributed by atoms with van der Waals surface area (Å²) >= 11 is 0. The molecule has 1 aliphatic carbocycles. The smallest absolute Gasteiger partial charge is 0.408 e. The van der Waals surface area contributed by atoms with Crippen LogP contribution in [-0.4, -0.2) is 27.0 Å². The number of imidazole rings is 1. The lowest BCUT2D eigenvalue weighted by atomic mass is 9.75. The molecule has 1 N–H and O–H groups in total. The maximum atomic E-state index is 13.5. The van der Waals surface area contributed by atoms with Crippen molar-refractivity contribution in [3.05, 3.63) is 94.9 Å². The van der Waals surface area contributed by atoms with Gasteiger partial charge in [0.25, 0.3) is 0 Å². The number of alkyl carbamates (subject to hydrolysis) is 1. The maximum absolute atomic E-state index is 13.5. The molecule has 7 heteroatoms. The van der Waals surface area contributed by atoms with Crippen LogP contribution in [0.25, 0.3) is 16.8 Å². The van der Waals surface area contributed by atoms with E-state index in [0.717, 1.165) is 77.8 Å². The number of esters is 1. The van der Waals surface area contributed by atoms with Crippen LogP contribution in [0.4, 0.5) is 4.79 Å². The summed E-state index contributed by atoms with van der Waals surface area (Å²) in [5.41, 5.74) is 5.64. The summed E-state index contributed by atoms with van der Waals surface area (Å²) in [5.74, 6) is -0.382. The molecule has 42 heavy (non-hydrogen) atoms. The average molecular weight is 568 g/mol. The molecule has 1 saturated carbocycles. The molecule has 0 aliphatic heterocycles. The minimum absolute atomic E-state index is 0.119. The molecule has 1 fully saturated rings. The lowest BCUT2D eigenvalue weighted by Gasteiger charge is -2.38. The molecule has 7 nitrogen and oxygen atoms in total. The normalized spacial score (nSPS) is 14.9. The first-order valence-electron chi connectivity index (χ1n) is 14.9. The summed E-state index contributed by atoms with van der Waals surface area (Å²) in [6, 6.07) is 19.7. The second-order valence-corrected chi connectivity index (χ2v) is 12.3. The van der Waals surface area contributed by atoms with Gasteiger partial charge in [0.05, 0.1) is 22.5 Å². The van der Waals surface area contributed by atoms with Crippen molar-refractivity contribution in [1.82, 2.24) is 14.7 Å². The van der Waals surface area contributed by atoms with Gasteiger partial charge in [-0.1, -0.05) is 74.7 Å². The Morgan fingerprint density at radius 3 is 2.43 bits per heavy atom. The van der Waals surface area contributed by atoms with Gasteiger partial charge in [-0.05, 0) is 81.3 Å². The van der Waals surface area contributed by atoms with Crippen molar-refractivity contribution >= 4 is 17.7 Å². The Kier molecular flexibility index (Phi) is 8.39. The number of aryl methyl sites for hydroxylation is 2. The van der Waals surface area contributed by atoms with Gasteiger partial charge in [0.15, 0.2) is 0 Å². The largest absolute Gasteiger partial charge is 0.456 e. The van der Waals surface area contributed by atoms with Gasteiger partial charge >= 0.3 is 12.1 Å². The third-order valence-corrected chi connectivity index (χ3v) is 7.98. The maximum Gasteiger partial charge on any atom is 0.408 e. The number of rotatable bonds is 7. The third kappa shape index (κ3) is 6.35. The topological polar surface area (TPSA) is 81.9 Å². The number of benzene rings is 2. The Labute approximate surface area is 248 Å². The second kappa shape index (κ2) is 12.0. The Morgan fingerprint density at radius 2 is 1.74 bits per heavy atom. The molecule has 0 spiro atoms. The van der Waals surface area contributed by atoms with Crippen LogP contribution in [0.15, 0.2) is 66.9 Å². The number of ether oxygens (including phenoxy) is 2. The predicted molar refractivity (Wildman–Crippen MR) is 164 cm³/mol. The van der Waals surface area contributed by atoms with Crippen LogP contribution >= 0.6 is 0 Å². The molecule has 2 heterocycles. The van der Waals surface area contributed by atoms with E-state index in [4.69, 9.17) is 14.5 Å². The fraction of sp³-hybridized carbons (Fsp3) is 0.400. The lowest BCUT2D eigenvalue weighted by molar-refractivity contribution is 0.00701. The van der Waals surface area contributed by atoms with Crippen LogP contribution in [0.5, 0.6) is 0 Å². The monoisotopic (exact) mass is 567 g/mol. The second-order valence-electron chi connectivity index (χ2n) is 12.3. The van der Waals surface area contributed by atoms with E-state index in [1.54, 1.807) is 0 Å². The Morgan fingerprint density at radius 1 is 1.00 bits per heavy atom. The van der Waals surface area contributed by atoms with E-state index in [9.17, 15) is 9.59 Å². The molecular weight excluding hydrogens is 526 g/mol. The highest BCUT2D eigenvalue weighted by atomic mass is 16.6. The highest BCUT2D eigenvalue weighted by molar-refractivity contribution is 5.98. The summed E-state index contributed by atoms with van der Waals surface area (Å²) in [6.45, 7) is 9.82. The number of carbonyl (C=O) groups excluding carboxylic acids is 2. The molecule has 220 valence electrons. The van der Waals surface area contributed by atoms with Crippen molar-refractivity contribution in [2.45, 2.75) is 90.9 Å². The molecule has 0 unspecified atom stereocenters. The van der Waals surface area contributed by atoms with E-state index in [-0.39, 0.29) is 12.6 Å².